The van der Waals surface area contributed by atoms with Crippen molar-refractivity contribution in [1.29, 1.82) is 0 Å². The van der Waals surface area contributed by atoms with Crippen molar-refractivity contribution in [2.45, 2.75) is 44.4 Å². The summed E-state index contributed by atoms with van der Waals surface area (Å²) in [6, 6.07) is 15.6. The lowest BCUT2D eigenvalue weighted by Gasteiger charge is -2.16. The Morgan fingerprint density at radius 2 is 1.90 bits per heavy atom. The molecule has 0 bridgehead atoms. The monoisotopic (exact) mass is 390 g/mol. The fourth-order valence-corrected chi connectivity index (χ4v) is 4.07. The summed E-state index contributed by atoms with van der Waals surface area (Å²) in [7, 11) is 0. The highest BCUT2D eigenvalue weighted by molar-refractivity contribution is 5.76. The number of pyridine rings is 1. The van der Waals surface area contributed by atoms with Crippen LogP contribution in [0.2, 0.25) is 0 Å². The summed E-state index contributed by atoms with van der Waals surface area (Å²) in [6.07, 6.45) is 7.44. The van der Waals surface area contributed by atoms with E-state index >= 15 is 0 Å². The molecule has 1 amide bonds. The first-order valence-corrected chi connectivity index (χ1v) is 10.1. The number of aliphatic hydroxyl groups is 1. The van der Waals surface area contributed by atoms with Crippen molar-refractivity contribution in [3.05, 3.63) is 72.8 Å². The molecule has 1 saturated carbocycles. The molecule has 3 aromatic rings. The van der Waals surface area contributed by atoms with Gasteiger partial charge in [0.25, 0.3) is 0 Å². The second kappa shape index (κ2) is 9.01. The number of nitrogens with one attached hydrogen (secondary N) is 1. The predicted molar refractivity (Wildman–Crippen MR) is 111 cm³/mol. The van der Waals surface area contributed by atoms with Gasteiger partial charge in [0.15, 0.2) is 0 Å². The first-order chi connectivity index (χ1) is 14.2. The van der Waals surface area contributed by atoms with E-state index in [0.29, 0.717) is 25.2 Å². The number of aliphatic hydroxyl groups excluding tert-OH is 1. The number of nitrogens with zero attached hydrogens (tertiary/aromatic N) is 3. The Bertz CT molecular complexity index is 926. The standard InChI is InChI=1S/C23H26N4O2/c28-21-15-17(16-27-13-12-25-23(27)18-6-2-1-3-7-18)14-20(21)26-22(29)10-9-19-8-4-5-11-24-19/h1-8,11-13,17,20-21,28H,9-10,14-16H2,(H,26,29)/t17?,20-,21-/m1/s1. The van der Waals surface area contributed by atoms with Gasteiger partial charge in [-0.1, -0.05) is 36.4 Å². The SMILES string of the molecule is O=C(CCc1ccccn1)N[C@@H]1CC(Cn2ccnc2-c2ccccc2)C[C@H]1O. The van der Waals surface area contributed by atoms with Crippen LogP contribution in [0.4, 0.5) is 0 Å². The lowest BCUT2D eigenvalue weighted by Crippen LogP contribution is -2.40. The number of aryl methyl sites for hydroxylation is 1. The summed E-state index contributed by atoms with van der Waals surface area (Å²) in [4.78, 5) is 21.1. The number of hydrogen-bond donors (Lipinski definition) is 2. The first-order valence-electron chi connectivity index (χ1n) is 10.1. The van der Waals surface area contributed by atoms with Gasteiger partial charge in [0.05, 0.1) is 12.1 Å². The molecule has 0 aliphatic heterocycles. The predicted octanol–water partition coefficient (Wildman–Crippen LogP) is 2.83. The summed E-state index contributed by atoms with van der Waals surface area (Å²) in [6.45, 7) is 0.779. The fourth-order valence-electron chi connectivity index (χ4n) is 4.07. The third-order valence-electron chi connectivity index (χ3n) is 5.51. The number of aromatic nitrogens is 3. The number of imidazole rings is 1. The van der Waals surface area contributed by atoms with Crippen LogP contribution in [0.3, 0.4) is 0 Å². The van der Waals surface area contributed by atoms with E-state index in [1.54, 1.807) is 6.20 Å². The third kappa shape index (κ3) is 4.90. The number of carbonyl (C=O) groups is 1. The van der Waals surface area contributed by atoms with Crippen LogP contribution in [-0.2, 0) is 17.8 Å². The molecular weight excluding hydrogens is 364 g/mol. The number of amides is 1. The van der Waals surface area contributed by atoms with Gasteiger partial charge in [-0.05, 0) is 37.3 Å². The molecule has 0 saturated heterocycles. The average molecular weight is 390 g/mol. The van der Waals surface area contributed by atoms with E-state index in [-0.39, 0.29) is 11.9 Å². The van der Waals surface area contributed by atoms with Gasteiger partial charge < -0.3 is 15.0 Å². The van der Waals surface area contributed by atoms with Crippen LogP contribution >= 0.6 is 0 Å². The lowest BCUT2D eigenvalue weighted by molar-refractivity contribution is -0.122. The number of carbonyl (C=O) groups excluding carboxylic acids is 1. The molecule has 29 heavy (non-hydrogen) atoms. The van der Waals surface area contributed by atoms with Crippen molar-refractivity contribution in [1.82, 2.24) is 19.9 Å². The van der Waals surface area contributed by atoms with Crippen LogP contribution in [0.5, 0.6) is 0 Å². The van der Waals surface area contributed by atoms with Crippen molar-refractivity contribution in [2.24, 2.45) is 5.92 Å². The zero-order chi connectivity index (χ0) is 20.1. The van der Waals surface area contributed by atoms with E-state index in [0.717, 1.165) is 30.0 Å². The first kappa shape index (κ1) is 19.3. The Morgan fingerprint density at radius 3 is 2.69 bits per heavy atom. The maximum atomic E-state index is 12.3. The minimum Gasteiger partial charge on any atom is -0.391 e. The Morgan fingerprint density at radius 1 is 1.07 bits per heavy atom. The molecule has 150 valence electrons. The van der Waals surface area contributed by atoms with Crippen molar-refractivity contribution < 1.29 is 9.90 Å². The van der Waals surface area contributed by atoms with Gasteiger partial charge in [-0.15, -0.1) is 0 Å². The van der Waals surface area contributed by atoms with Crippen LogP contribution in [0.1, 0.15) is 25.0 Å². The molecule has 1 aliphatic carbocycles. The van der Waals surface area contributed by atoms with Gasteiger partial charge in [-0.3, -0.25) is 9.78 Å². The summed E-state index contributed by atoms with van der Waals surface area (Å²) in [5.41, 5.74) is 1.98. The van der Waals surface area contributed by atoms with E-state index in [2.05, 4.69) is 19.9 Å². The summed E-state index contributed by atoms with van der Waals surface area (Å²) in [5, 5.41) is 13.5. The quantitative estimate of drug-likeness (QED) is 0.650. The molecule has 6 heteroatoms. The lowest BCUT2D eigenvalue weighted by atomic mass is 10.1. The van der Waals surface area contributed by atoms with Crippen LogP contribution in [0.25, 0.3) is 11.4 Å². The number of benzene rings is 1. The average Bonchev–Trinajstić information content (AvgIpc) is 3.34. The van der Waals surface area contributed by atoms with Crippen molar-refractivity contribution in [3.8, 4) is 11.4 Å². The molecule has 4 rings (SSSR count). The summed E-state index contributed by atoms with van der Waals surface area (Å²) < 4.78 is 2.14. The second-order valence-electron chi connectivity index (χ2n) is 7.67. The highest BCUT2D eigenvalue weighted by atomic mass is 16.3. The van der Waals surface area contributed by atoms with E-state index in [1.165, 1.54) is 0 Å². The highest BCUT2D eigenvalue weighted by Crippen LogP contribution is 2.29. The maximum Gasteiger partial charge on any atom is 0.220 e. The Hall–Kier alpha value is -2.99. The van der Waals surface area contributed by atoms with Gasteiger partial charge in [0.2, 0.25) is 5.91 Å². The fraction of sp³-hybridized carbons (Fsp3) is 0.348. The van der Waals surface area contributed by atoms with E-state index in [9.17, 15) is 9.90 Å². The third-order valence-corrected chi connectivity index (χ3v) is 5.51. The van der Waals surface area contributed by atoms with Gasteiger partial charge in [0.1, 0.15) is 5.82 Å². The van der Waals surface area contributed by atoms with Gasteiger partial charge in [-0.25, -0.2) is 4.98 Å². The van der Waals surface area contributed by atoms with Gasteiger partial charge in [-0.2, -0.15) is 0 Å². The molecule has 2 aromatic heterocycles. The Balaban J connectivity index is 1.31. The molecular formula is C23H26N4O2. The van der Waals surface area contributed by atoms with E-state index in [4.69, 9.17) is 0 Å². The van der Waals surface area contributed by atoms with Crippen LogP contribution in [-0.4, -0.2) is 37.7 Å². The van der Waals surface area contributed by atoms with Crippen molar-refractivity contribution >= 4 is 5.91 Å². The van der Waals surface area contributed by atoms with Gasteiger partial charge in [0, 0.05) is 42.8 Å². The van der Waals surface area contributed by atoms with E-state index < -0.39 is 6.10 Å². The van der Waals surface area contributed by atoms with Crippen LogP contribution in [0, 0.1) is 5.92 Å². The van der Waals surface area contributed by atoms with Crippen molar-refractivity contribution in [3.63, 3.8) is 0 Å². The molecule has 3 atom stereocenters. The Labute approximate surface area is 170 Å². The smallest absolute Gasteiger partial charge is 0.220 e. The summed E-state index contributed by atoms with van der Waals surface area (Å²) >= 11 is 0. The molecule has 1 aliphatic rings. The molecule has 2 heterocycles. The minimum absolute atomic E-state index is 0.0343. The van der Waals surface area contributed by atoms with Gasteiger partial charge >= 0.3 is 0 Å². The number of hydrogen-bond acceptors (Lipinski definition) is 4. The topological polar surface area (TPSA) is 80.0 Å². The zero-order valence-electron chi connectivity index (χ0n) is 16.3. The molecule has 0 radical (unpaired) electrons. The number of rotatable bonds is 7. The molecule has 1 unspecified atom stereocenters. The molecule has 1 fully saturated rings. The second-order valence-corrected chi connectivity index (χ2v) is 7.67. The molecule has 1 aromatic carbocycles. The minimum atomic E-state index is -0.512. The molecule has 2 N–H and O–H groups in total. The normalized spacial score (nSPS) is 21.2. The summed E-state index contributed by atoms with van der Waals surface area (Å²) in [5.74, 6) is 1.19. The van der Waals surface area contributed by atoms with Crippen molar-refractivity contribution in [2.75, 3.05) is 0 Å². The maximum absolute atomic E-state index is 12.3. The highest BCUT2D eigenvalue weighted by Gasteiger charge is 2.34. The zero-order valence-corrected chi connectivity index (χ0v) is 16.3. The van der Waals surface area contributed by atoms with Crippen LogP contribution in [0.15, 0.2) is 67.1 Å². The van der Waals surface area contributed by atoms with Crippen LogP contribution < -0.4 is 5.32 Å². The van der Waals surface area contributed by atoms with E-state index in [1.807, 2.05) is 60.9 Å². The Kier molecular flexibility index (Phi) is 6.00. The largest absolute Gasteiger partial charge is 0.391 e. The molecule has 6 nitrogen and oxygen atoms in total. The molecule has 0 spiro atoms.